The minimum absolute atomic E-state index is 0.00116. The van der Waals surface area contributed by atoms with Gasteiger partial charge in [0.2, 0.25) is 11.8 Å². The summed E-state index contributed by atoms with van der Waals surface area (Å²) < 4.78 is 5.31. The summed E-state index contributed by atoms with van der Waals surface area (Å²) in [5.74, 6) is 1.12. The van der Waals surface area contributed by atoms with Crippen LogP contribution in [0.25, 0.3) is 0 Å². The van der Waals surface area contributed by atoms with Crippen molar-refractivity contribution in [2.45, 2.75) is 44.6 Å². The Kier molecular flexibility index (Phi) is 5.79. The third-order valence-corrected chi connectivity index (χ3v) is 6.13. The standard InChI is InChI=1S/C23H28N2O3/c26-22(24-14-21-11-6-12-28-21)20-13-19(17-7-2-1-3-8-17)15-25(16-20)23(27)18-9-4-5-10-18/h1-3,6-8,11-12,18-20H,4-5,9-10,13-16H2,(H,24,26)/t19-,20+/m1/s1. The van der Waals surface area contributed by atoms with Crippen molar-refractivity contribution in [1.82, 2.24) is 10.2 Å². The zero-order valence-electron chi connectivity index (χ0n) is 16.2. The molecule has 1 aromatic heterocycles. The second kappa shape index (κ2) is 8.63. The Balaban J connectivity index is 1.47. The minimum atomic E-state index is -0.195. The van der Waals surface area contributed by atoms with E-state index in [0.29, 0.717) is 19.6 Å². The fourth-order valence-corrected chi connectivity index (χ4v) is 4.60. The van der Waals surface area contributed by atoms with Crippen molar-refractivity contribution in [3.05, 3.63) is 60.1 Å². The van der Waals surface area contributed by atoms with Crippen LogP contribution < -0.4 is 5.32 Å². The van der Waals surface area contributed by atoms with Gasteiger partial charge in [0.05, 0.1) is 18.7 Å². The lowest BCUT2D eigenvalue weighted by Gasteiger charge is -2.38. The van der Waals surface area contributed by atoms with Crippen molar-refractivity contribution in [3.63, 3.8) is 0 Å². The summed E-state index contributed by atoms with van der Waals surface area (Å²) in [5, 5.41) is 2.99. The quantitative estimate of drug-likeness (QED) is 0.860. The molecule has 0 bridgehead atoms. The van der Waals surface area contributed by atoms with Gasteiger partial charge in [0.1, 0.15) is 5.76 Å². The van der Waals surface area contributed by atoms with Crippen molar-refractivity contribution in [1.29, 1.82) is 0 Å². The van der Waals surface area contributed by atoms with Gasteiger partial charge in [-0.15, -0.1) is 0 Å². The van der Waals surface area contributed by atoms with Gasteiger partial charge in [-0.3, -0.25) is 9.59 Å². The van der Waals surface area contributed by atoms with Crippen LogP contribution >= 0.6 is 0 Å². The van der Waals surface area contributed by atoms with E-state index in [1.165, 1.54) is 5.56 Å². The van der Waals surface area contributed by atoms with Crippen LogP contribution in [0.4, 0.5) is 0 Å². The topological polar surface area (TPSA) is 62.6 Å². The number of piperidine rings is 1. The molecule has 0 spiro atoms. The van der Waals surface area contributed by atoms with E-state index < -0.39 is 0 Å². The summed E-state index contributed by atoms with van der Waals surface area (Å²) in [5.41, 5.74) is 1.20. The summed E-state index contributed by atoms with van der Waals surface area (Å²) in [7, 11) is 0. The number of carbonyl (C=O) groups excluding carboxylic acids is 2. The van der Waals surface area contributed by atoms with E-state index in [2.05, 4.69) is 17.4 Å². The summed E-state index contributed by atoms with van der Waals surface area (Å²) in [6.07, 6.45) is 6.62. The largest absolute Gasteiger partial charge is 0.467 e. The lowest BCUT2D eigenvalue weighted by Crippen LogP contribution is -2.49. The molecule has 4 rings (SSSR count). The van der Waals surface area contributed by atoms with E-state index in [-0.39, 0.29) is 29.6 Å². The third kappa shape index (κ3) is 4.29. The molecule has 2 amide bonds. The summed E-state index contributed by atoms with van der Waals surface area (Å²) in [4.78, 5) is 27.9. The molecule has 1 aliphatic heterocycles. The number of benzene rings is 1. The van der Waals surface area contributed by atoms with Crippen molar-refractivity contribution >= 4 is 11.8 Å². The Labute approximate surface area is 166 Å². The fraction of sp³-hybridized carbons (Fsp3) is 0.478. The van der Waals surface area contributed by atoms with Crippen LogP contribution in [-0.2, 0) is 16.1 Å². The summed E-state index contributed by atoms with van der Waals surface area (Å²) >= 11 is 0. The molecule has 5 nitrogen and oxygen atoms in total. The molecular formula is C23H28N2O3. The highest BCUT2D eigenvalue weighted by Gasteiger charge is 2.37. The van der Waals surface area contributed by atoms with Crippen LogP contribution in [0, 0.1) is 11.8 Å². The molecule has 1 saturated carbocycles. The average Bonchev–Trinajstić information content (AvgIpc) is 3.46. The van der Waals surface area contributed by atoms with Gasteiger partial charge in [-0.05, 0) is 37.0 Å². The van der Waals surface area contributed by atoms with E-state index in [1.807, 2.05) is 35.2 Å². The van der Waals surface area contributed by atoms with Crippen LogP contribution in [-0.4, -0.2) is 29.8 Å². The van der Waals surface area contributed by atoms with Gasteiger partial charge in [-0.25, -0.2) is 0 Å². The average molecular weight is 380 g/mol. The molecule has 1 N–H and O–H groups in total. The number of hydrogen-bond acceptors (Lipinski definition) is 3. The molecule has 2 heterocycles. The molecule has 1 aromatic carbocycles. The number of nitrogens with one attached hydrogen (secondary N) is 1. The number of nitrogens with zero attached hydrogens (tertiary/aromatic N) is 1. The van der Waals surface area contributed by atoms with Gasteiger partial charge in [-0.1, -0.05) is 43.2 Å². The Hall–Kier alpha value is -2.56. The SMILES string of the molecule is O=C(NCc1ccco1)[C@H]1C[C@@H](c2ccccc2)CN(C(=O)C2CCCC2)C1. The maximum absolute atomic E-state index is 13.1. The first-order valence-corrected chi connectivity index (χ1v) is 10.3. The zero-order valence-corrected chi connectivity index (χ0v) is 16.2. The van der Waals surface area contributed by atoms with Crippen molar-refractivity contribution in [3.8, 4) is 0 Å². The normalized spacial score (nSPS) is 22.9. The zero-order chi connectivity index (χ0) is 19.3. The Morgan fingerprint density at radius 1 is 1.00 bits per heavy atom. The van der Waals surface area contributed by atoms with Gasteiger partial charge >= 0.3 is 0 Å². The predicted molar refractivity (Wildman–Crippen MR) is 106 cm³/mol. The minimum Gasteiger partial charge on any atom is -0.467 e. The van der Waals surface area contributed by atoms with Crippen LogP contribution in [0.5, 0.6) is 0 Å². The molecule has 2 aliphatic rings. The number of hydrogen-bond donors (Lipinski definition) is 1. The monoisotopic (exact) mass is 380 g/mol. The molecule has 1 aliphatic carbocycles. The number of rotatable bonds is 5. The maximum Gasteiger partial charge on any atom is 0.225 e. The highest BCUT2D eigenvalue weighted by Crippen LogP contribution is 2.34. The van der Waals surface area contributed by atoms with Crippen LogP contribution in [0.15, 0.2) is 53.1 Å². The molecule has 0 radical (unpaired) electrons. The van der Waals surface area contributed by atoms with Crippen molar-refractivity contribution in [2.24, 2.45) is 11.8 Å². The number of likely N-dealkylation sites (tertiary alicyclic amines) is 1. The third-order valence-electron chi connectivity index (χ3n) is 6.13. The van der Waals surface area contributed by atoms with Crippen molar-refractivity contribution in [2.75, 3.05) is 13.1 Å². The highest BCUT2D eigenvalue weighted by atomic mass is 16.3. The first kappa shape index (κ1) is 18.8. The molecule has 5 heteroatoms. The van der Waals surface area contributed by atoms with Gasteiger partial charge in [0.25, 0.3) is 0 Å². The summed E-state index contributed by atoms with van der Waals surface area (Å²) in [6.45, 7) is 1.61. The van der Waals surface area contributed by atoms with Crippen LogP contribution in [0.1, 0.15) is 49.3 Å². The molecule has 1 saturated heterocycles. The first-order chi connectivity index (χ1) is 13.7. The van der Waals surface area contributed by atoms with Crippen LogP contribution in [0.3, 0.4) is 0 Å². The van der Waals surface area contributed by atoms with Crippen LogP contribution in [0.2, 0.25) is 0 Å². The highest BCUT2D eigenvalue weighted by molar-refractivity contribution is 5.82. The molecule has 2 fully saturated rings. The van der Waals surface area contributed by atoms with E-state index in [1.54, 1.807) is 6.26 Å². The number of furan rings is 1. The second-order valence-corrected chi connectivity index (χ2v) is 8.06. The molecule has 148 valence electrons. The second-order valence-electron chi connectivity index (χ2n) is 8.06. The molecular weight excluding hydrogens is 352 g/mol. The lowest BCUT2D eigenvalue weighted by atomic mass is 9.83. The summed E-state index contributed by atoms with van der Waals surface area (Å²) in [6, 6.07) is 13.9. The molecule has 2 aromatic rings. The number of amides is 2. The van der Waals surface area contributed by atoms with E-state index >= 15 is 0 Å². The molecule has 28 heavy (non-hydrogen) atoms. The Bertz CT molecular complexity index is 781. The molecule has 2 atom stereocenters. The maximum atomic E-state index is 13.1. The van der Waals surface area contributed by atoms with E-state index in [9.17, 15) is 9.59 Å². The van der Waals surface area contributed by atoms with E-state index in [4.69, 9.17) is 4.42 Å². The van der Waals surface area contributed by atoms with Gasteiger partial charge in [-0.2, -0.15) is 0 Å². The smallest absolute Gasteiger partial charge is 0.225 e. The van der Waals surface area contributed by atoms with Crippen molar-refractivity contribution < 1.29 is 14.0 Å². The lowest BCUT2D eigenvalue weighted by molar-refractivity contribution is -0.139. The van der Waals surface area contributed by atoms with E-state index in [0.717, 1.165) is 37.9 Å². The predicted octanol–water partition coefficient (Wildman–Crippen LogP) is 3.72. The molecule has 0 unspecified atom stereocenters. The fourth-order valence-electron chi connectivity index (χ4n) is 4.60. The first-order valence-electron chi connectivity index (χ1n) is 10.3. The van der Waals surface area contributed by atoms with Gasteiger partial charge < -0.3 is 14.6 Å². The van der Waals surface area contributed by atoms with Gasteiger partial charge in [0.15, 0.2) is 0 Å². The van der Waals surface area contributed by atoms with Gasteiger partial charge in [0, 0.05) is 24.9 Å². The Morgan fingerprint density at radius 3 is 2.50 bits per heavy atom. The Morgan fingerprint density at radius 2 is 1.79 bits per heavy atom. The number of carbonyl (C=O) groups is 2.